The lowest BCUT2D eigenvalue weighted by Gasteiger charge is -2.26. The van der Waals surface area contributed by atoms with Crippen LogP contribution < -0.4 is 9.46 Å². The van der Waals surface area contributed by atoms with Gasteiger partial charge in [-0.1, -0.05) is 80.2 Å². The Bertz CT molecular complexity index is 1340. The molecule has 1 aliphatic rings. The second-order valence-electron chi connectivity index (χ2n) is 10.7. The Kier molecular flexibility index (Phi) is 11.2. The van der Waals surface area contributed by atoms with Crippen LogP contribution in [0.25, 0.3) is 11.1 Å². The van der Waals surface area contributed by atoms with E-state index in [4.69, 9.17) is 25.9 Å². The van der Waals surface area contributed by atoms with Crippen molar-refractivity contribution in [3.63, 3.8) is 0 Å². The van der Waals surface area contributed by atoms with Gasteiger partial charge < -0.3 is 23.7 Å². The summed E-state index contributed by atoms with van der Waals surface area (Å²) in [6.07, 6.45) is 8.80. The first-order valence-electron chi connectivity index (χ1n) is 14.6. The van der Waals surface area contributed by atoms with Gasteiger partial charge in [-0.05, 0) is 62.3 Å². The quantitative estimate of drug-likeness (QED) is 0.0862. The number of ether oxygens (including phenoxy) is 1. The molecule has 0 radical (unpaired) electrons. The Morgan fingerprint density at radius 1 is 1.20 bits per heavy atom. The molecule has 2 aromatic carbocycles. The number of carbonyl (C=O) groups excluding carboxylic acids is 1. The zero-order valence-corrected chi connectivity index (χ0v) is 26.1. The minimum atomic E-state index is -0.555. The van der Waals surface area contributed by atoms with Crippen molar-refractivity contribution in [1.82, 2.24) is 10.1 Å². The highest BCUT2D eigenvalue weighted by molar-refractivity contribution is 8.00. The van der Waals surface area contributed by atoms with Crippen LogP contribution >= 0.6 is 23.5 Å². The summed E-state index contributed by atoms with van der Waals surface area (Å²) < 4.78 is 14.7. The van der Waals surface area contributed by atoms with E-state index in [9.17, 15) is 4.79 Å². The topological polar surface area (TPSA) is 80.0 Å². The number of rotatable bonds is 14. The van der Waals surface area contributed by atoms with Crippen LogP contribution in [0.1, 0.15) is 76.5 Å². The van der Waals surface area contributed by atoms with E-state index in [1.807, 2.05) is 12.1 Å². The molecule has 41 heavy (non-hydrogen) atoms. The van der Waals surface area contributed by atoms with E-state index in [0.29, 0.717) is 29.8 Å². The van der Waals surface area contributed by atoms with Gasteiger partial charge in [0, 0.05) is 36.0 Å². The summed E-state index contributed by atoms with van der Waals surface area (Å²) >= 11 is 7.74. The lowest BCUT2D eigenvalue weighted by atomic mass is 10.0. The number of benzene rings is 2. The number of hydrogen-bond donors (Lipinski definition) is 1. The van der Waals surface area contributed by atoms with Gasteiger partial charge in [0.05, 0.1) is 6.61 Å². The van der Waals surface area contributed by atoms with E-state index in [2.05, 4.69) is 66.0 Å². The van der Waals surface area contributed by atoms with Crippen molar-refractivity contribution in [3.05, 3.63) is 58.8 Å². The number of aromatic nitrogens is 1. The molecule has 3 aromatic rings. The maximum Gasteiger partial charge on any atom is 0.198 e. The molecular weight excluding hydrogens is 556 g/mol. The normalized spacial score (nSPS) is 14.7. The molecule has 9 heteroatoms. The van der Waals surface area contributed by atoms with Crippen LogP contribution in [0.3, 0.4) is 0 Å². The van der Waals surface area contributed by atoms with Crippen molar-refractivity contribution in [2.45, 2.75) is 89.1 Å². The number of halogens is 1. The Hall–Kier alpha value is -2.97. The van der Waals surface area contributed by atoms with Gasteiger partial charge in [-0.15, -0.1) is 0 Å². The molecule has 1 saturated carbocycles. The Labute approximate surface area is 253 Å². The first-order valence-corrected chi connectivity index (χ1v) is 15.7. The number of aliphatic imine (C=N–C) groups is 1. The molecule has 1 fully saturated rings. The third kappa shape index (κ3) is 7.86. The lowest BCUT2D eigenvalue weighted by Crippen LogP contribution is -2.33. The van der Waals surface area contributed by atoms with Crippen molar-refractivity contribution in [1.29, 1.82) is 0 Å². The van der Waals surface area contributed by atoms with E-state index in [1.54, 1.807) is 6.92 Å². The van der Waals surface area contributed by atoms with Crippen molar-refractivity contribution in [2.24, 2.45) is 4.99 Å². The minimum absolute atomic E-state index is 0.476. The lowest BCUT2D eigenvalue weighted by molar-refractivity contribution is -0.112. The average Bonchev–Trinajstić information content (AvgIpc) is 3.59. The number of aldehydes is 1. The summed E-state index contributed by atoms with van der Waals surface area (Å²) in [7, 11) is 2.08. The molecule has 0 bridgehead atoms. The van der Waals surface area contributed by atoms with Crippen molar-refractivity contribution in [2.75, 3.05) is 18.4 Å². The van der Waals surface area contributed by atoms with Crippen LogP contribution in [0.15, 0.2) is 56.9 Å². The summed E-state index contributed by atoms with van der Waals surface area (Å²) in [5.74, 6) is 2.93. The highest BCUT2D eigenvalue weighted by Gasteiger charge is 2.34. The minimum Gasteiger partial charge on any atom is -0.493 e. The first-order chi connectivity index (χ1) is 19.9. The van der Waals surface area contributed by atoms with E-state index >= 15 is 0 Å². The summed E-state index contributed by atoms with van der Waals surface area (Å²) in [4.78, 5) is 20.3. The fourth-order valence-electron chi connectivity index (χ4n) is 5.06. The van der Waals surface area contributed by atoms with E-state index in [1.165, 1.54) is 11.9 Å². The molecular formula is C32H41ClN4O3S. The maximum atomic E-state index is 12.0. The molecule has 0 spiro atoms. The maximum absolute atomic E-state index is 12.0. The van der Waals surface area contributed by atoms with E-state index in [-0.39, 0.29) is 0 Å². The zero-order chi connectivity index (χ0) is 29.2. The number of amidine groups is 1. The fourth-order valence-corrected chi connectivity index (χ4v) is 6.01. The van der Waals surface area contributed by atoms with Crippen LogP contribution in [0.2, 0.25) is 5.02 Å². The highest BCUT2D eigenvalue weighted by Crippen LogP contribution is 2.39. The van der Waals surface area contributed by atoms with Gasteiger partial charge in [-0.25, -0.2) is 0 Å². The van der Waals surface area contributed by atoms with Gasteiger partial charge in [0.25, 0.3) is 0 Å². The first kappa shape index (κ1) is 31.0. The van der Waals surface area contributed by atoms with Gasteiger partial charge in [0.15, 0.2) is 11.6 Å². The van der Waals surface area contributed by atoms with Crippen LogP contribution in [0.5, 0.6) is 5.75 Å². The van der Waals surface area contributed by atoms with E-state index in [0.717, 1.165) is 90.8 Å². The number of carbonyl (C=O) groups is 1. The molecule has 1 aromatic heterocycles. The van der Waals surface area contributed by atoms with E-state index < -0.39 is 5.54 Å². The average molecular weight is 597 g/mol. The molecule has 0 aliphatic heterocycles. The predicted molar refractivity (Wildman–Crippen MR) is 169 cm³/mol. The summed E-state index contributed by atoms with van der Waals surface area (Å²) in [6, 6.07) is 14.6. The van der Waals surface area contributed by atoms with Crippen LogP contribution in [0, 0.1) is 6.92 Å². The van der Waals surface area contributed by atoms with Gasteiger partial charge in [-0.3, -0.25) is 4.99 Å². The largest absolute Gasteiger partial charge is 0.493 e. The number of anilines is 1. The van der Waals surface area contributed by atoms with Crippen molar-refractivity contribution >= 4 is 41.5 Å². The van der Waals surface area contributed by atoms with Crippen LogP contribution in [-0.2, 0) is 11.3 Å². The predicted octanol–water partition coefficient (Wildman–Crippen LogP) is 8.74. The molecule has 0 amide bonds. The molecule has 1 heterocycles. The number of nitrogens with zero attached hydrogens (tertiary/aromatic N) is 3. The van der Waals surface area contributed by atoms with Gasteiger partial charge in [0.2, 0.25) is 0 Å². The van der Waals surface area contributed by atoms with Gasteiger partial charge >= 0.3 is 0 Å². The molecule has 0 atom stereocenters. The highest BCUT2D eigenvalue weighted by atomic mass is 35.5. The molecule has 0 saturated heterocycles. The molecule has 1 aliphatic carbocycles. The summed E-state index contributed by atoms with van der Waals surface area (Å²) in [5.41, 5.74) is 2.64. The molecule has 4 rings (SSSR count). The van der Waals surface area contributed by atoms with Crippen molar-refractivity contribution < 1.29 is 14.1 Å². The summed E-state index contributed by atoms with van der Waals surface area (Å²) in [5, 5.41) is 4.48. The standard InChI is InChI=1S/C32H41ClN4O3S/c1-5-7-14-29(34-32(22-38)17-10-11-18-32)37(4)21-24-15-16-25(27(20-24)39-19-6-2)26-12-8-9-13-28(26)41-36-31-30(33)23(3)40-35-31/h8-9,12-13,15-16,20,22H,5-7,10-11,14,17-19,21H2,1-4H3,(H,35,36). The zero-order valence-electron chi connectivity index (χ0n) is 24.5. The number of unbranched alkanes of at least 4 members (excludes halogenated alkanes) is 1. The SMILES string of the molecule is CCCCC(=NC1(C=O)CCCC1)N(C)Cc1ccc(-c2ccccc2SNc2noc(C)c2Cl)c(OCCC)c1. The number of hydrogen-bond acceptors (Lipinski definition) is 7. The summed E-state index contributed by atoms with van der Waals surface area (Å²) in [6.45, 7) is 7.38. The Morgan fingerprint density at radius 2 is 1.98 bits per heavy atom. The third-order valence-corrected chi connectivity index (χ3v) is 8.70. The Balaban J connectivity index is 1.60. The van der Waals surface area contributed by atoms with Gasteiger partial charge in [-0.2, -0.15) is 0 Å². The Morgan fingerprint density at radius 3 is 2.66 bits per heavy atom. The monoisotopic (exact) mass is 596 g/mol. The van der Waals surface area contributed by atoms with Gasteiger partial charge in [0.1, 0.15) is 28.4 Å². The molecule has 0 unspecified atom stereocenters. The number of nitrogens with one attached hydrogen (secondary N) is 1. The van der Waals surface area contributed by atoms with Crippen LogP contribution in [0.4, 0.5) is 5.82 Å². The second-order valence-corrected chi connectivity index (χ2v) is 11.9. The second kappa shape index (κ2) is 14.8. The molecule has 220 valence electrons. The smallest absolute Gasteiger partial charge is 0.198 e. The molecule has 1 N–H and O–H groups in total. The number of aryl methyl sites for hydroxylation is 1. The van der Waals surface area contributed by atoms with Crippen LogP contribution in [-0.4, -0.2) is 41.4 Å². The fraction of sp³-hybridized carbons (Fsp3) is 0.469. The molecule has 7 nitrogen and oxygen atoms in total. The van der Waals surface area contributed by atoms with Crippen molar-refractivity contribution in [3.8, 4) is 16.9 Å². The third-order valence-electron chi connectivity index (χ3n) is 7.39.